The van der Waals surface area contributed by atoms with Gasteiger partial charge in [-0.1, -0.05) is 5.21 Å². The number of hydrogen-bond donors (Lipinski definition) is 1. The number of pyridine rings is 1. The van der Waals surface area contributed by atoms with E-state index in [1.807, 2.05) is 17.1 Å². The van der Waals surface area contributed by atoms with E-state index >= 15 is 0 Å². The number of rotatable bonds is 6. The first-order valence-corrected chi connectivity index (χ1v) is 7.61. The third-order valence-electron chi connectivity index (χ3n) is 3.31. The third kappa shape index (κ3) is 3.02. The molecule has 3 aromatic heterocycles. The van der Waals surface area contributed by atoms with Crippen molar-refractivity contribution in [3.63, 3.8) is 0 Å². The minimum atomic E-state index is 0.310. The molecule has 0 fully saturated rings. The first-order chi connectivity index (χ1) is 9.83. The van der Waals surface area contributed by atoms with Crippen LogP contribution in [0.1, 0.15) is 24.9 Å². The Morgan fingerprint density at radius 1 is 1.45 bits per heavy atom. The van der Waals surface area contributed by atoms with E-state index in [9.17, 15) is 0 Å². The molecule has 3 rings (SSSR count). The quantitative estimate of drug-likeness (QED) is 0.708. The second-order valence-corrected chi connectivity index (χ2v) is 5.72. The minimum absolute atomic E-state index is 0.310. The molecule has 3 heterocycles. The Morgan fingerprint density at radius 2 is 2.40 bits per heavy atom. The Balaban J connectivity index is 1.51. The van der Waals surface area contributed by atoms with Crippen LogP contribution in [0.4, 0.5) is 0 Å². The highest BCUT2D eigenvalue weighted by molar-refractivity contribution is 7.17. The molecule has 1 unspecified atom stereocenters. The van der Waals surface area contributed by atoms with E-state index in [0.29, 0.717) is 6.04 Å². The van der Waals surface area contributed by atoms with Crippen LogP contribution in [0.15, 0.2) is 36.1 Å². The van der Waals surface area contributed by atoms with Crippen molar-refractivity contribution in [3.8, 4) is 0 Å². The zero-order valence-electron chi connectivity index (χ0n) is 11.4. The van der Waals surface area contributed by atoms with Gasteiger partial charge in [-0.05, 0) is 43.0 Å². The lowest BCUT2D eigenvalue weighted by Gasteiger charge is -2.13. The normalized spacial score (nSPS) is 12.8. The first kappa shape index (κ1) is 13.2. The van der Waals surface area contributed by atoms with Gasteiger partial charge in [0.15, 0.2) is 0 Å². The lowest BCUT2D eigenvalue weighted by Crippen LogP contribution is -2.21. The molecular formula is C14H17N5S. The summed E-state index contributed by atoms with van der Waals surface area (Å²) >= 11 is 1.74. The summed E-state index contributed by atoms with van der Waals surface area (Å²) < 4.78 is 3.10. The maximum absolute atomic E-state index is 4.48. The van der Waals surface area contributed by atoms with Crippen LogP contribution in [0.5, 0.6) is 0 Å². The second kappa shape index (κ2) is 6.11. The predicted molar refractivity (Wildman–Crippen MR) is 80.7 cm³/mol. The number of fused-ring (bicyclic) bond motifs is 1. The fourth-order valence-electron chi connectivity index (χ4n) is 2.13. The van der Waals surface area contributed by atoms with Crippen molar-refractivity contribution in [2.45, 2.75) is 25.9 Å². The van der Waals surface area contributed by atoms with Gasteiger partial charge in [-0.25, -0.2) is 0 Å². The van der Waals surface area contributed by atoms with Crippen molar-refractivity contribution in [2.75, 3.05) is 6.54 Å². The van der Waals surface area contributed by atoms with Gasteiger partial charge in [0, 0.05) is 25.0 Å². The van der Waals surface area contributed by atoms with Crippen molar-refractivity contribution in [3.05, 3.63) is 41.7 Å². The van der Waals surface area contributed by atoms with Gasteiger partial charge in [-0.15, -0.1) is 16.4 Å². The molecule has 1 atom stereocenters. The van der Waals surface area contributed by atoms with E-state index in [0.717, 1.165) is 25.0 Å². The predicted octanol–water partition coefficient (Wildman–Crippen LogP) is 2.63. The molecule has 6 heteroatoms. The van der Waals surface area contributed by atoms with E-state index in [1.165, 1.54) is 10.3 Å². The lowest BCUT2D eigenvalue weighted by molar-refractivity contribution is 0.499. The number of aryl methyl sites for hydroxylation is 1. The summed E-state index contributed by atoms with van der Waals surface area (Å²) in [5.74, 6) is 0. The van der Waals surface area contributed by atoms with Crippen LogP contribution >= 0.6 is 11.3 Å². The van der Waals surface area contributed by atoms with Crippen LogP contribution < -0.4 is 5.32 Å². The Labute approximate surface area is 121 Å². The summed E-state index contributed by atoms with van der Waals surface area (Å²) in [7, 11) is 0. The SMILES string of the molecule is CC(NCCCn1ccnn1)c1cnc2ccsc2c1. The maximum Gasteiger partial charge on any atom is 0.0809 e. The molecule has 0 spiro atoms. The molecule has 5 nitrogen and oxygen atoms in total. The highest BCUT2D eigenvalue weighted by Crippen LogP contribution is 2.22. The molecule has 0 aliphatic rings. The van der Waals surface area contributed by atoms with Crippen LogP contribution in [0.25, 0.3) is 10.2 Å². The number of nitrogens with zero attached hydrogens (tertiary/aromatic N) is 4. The summed E-state index contributed by atoms with van der Waals surface area (Å²) in [5.41, 5.74) is 2.32. The van der Waals surface area contributed by atoms with Crippen molar-refractivity contribution in [1.82, 2.24) is 25.3 Å². The molecule has 104 valence electrons. The average molecular weight is 287 g/mol. The summed E-state index contributed by atoms with van der Waals surface area (Å²) in [6.45, 7) is 4.01. The molecule has 1 N–H and O–H groups in total. The Morgan fingerprint density at radius 3 is 3.25 bits per heavy atom. The molecular weight excluding hydrogens is 270 g/mol. The van der Waals surface area contributed by atoms with Crippen molar-refractivity contribution in [1.29, 1.82) is 0 Å². The zero-order valence-corrected chi connectivity index (χ0v) is 12.2. The van der Waals surface area contributed by atoms with Crippen LogP contribution in [-0.4, -0.2) is 26.5 Å². The van der Waals surface area contributed by atoms with E-state index in [1.54, 1.807) is 17.5 Å². The van der Waals surface area contributed by atoms with E-state index < -0.39 is 0 Å². The van der Waals surface area contributed by atoms with E-state index in [-0.39, 0.29) is 0 Å². The second-order valence-electron chi connectivity index (χ2n) is 4.77. The summed E-state index contributed by atoms with van der Waals surface area (Å²) in [5, 5.41) is 13.3. The molecule has 0 saturated heterocycles. The van der Waals surface area contributed by atoms with Gasteiger partial charge < -0.3 is 5.32 Å². The summed E-state index contributed by atoms with van der Waals surface area (Å²) in [4.78, 5) is 4.48. The van der Waals surface area contributed by atoms with Gasteiger partial charge in [0.05, 0.1) is 16.4 Å². The monoisotopic (exact) mass is 287 g/mol. The van der Waals surface area contributed by atoms with Crippen LogP contribution in [0.2, 0.25) is 0 Å². The number of aromatic nitrogens is 4. The largest absolute Gasteiger partial charge is 0.310 e. The summed E-state index contributed by atoms with van der Waals surface area (Å²) in [6, 6.07) is 4.59. The molecule has 0 aromatic carbocycles. The molecule has 20 heavy (non-hydrogen) atoms. The van der Waals surface area contributed by atoms with Crippen molar-refractivity contribution in [2.24, 2.45) is 0 Å². The Bertz CT molecular complexity index is 661. The van der Waals surface area contributed by atoms with Gasteiger partial charge >= 0.3 is 0 Å². The van der Waals surface area contributed by atoms with Crippen LogP contribution in [-0.2, 0) is 6.54 Å². The average Bonchev–Trinajstić information content (AvgIpc) is 3.13. The Kier molecular flexibility index (Phi) is 4.03. The fourth-order valence-corrected chi connectivity index (χ4v) is 2.92. The molecule has 0 saturated carbocycles. The molecule has 0 amide bonds. The van der Waals surface area contributed by atoms with Crippen molar-refractivity contribution >= 4 is 21.6 Å². The topological polar surface area (TPSA) is 55.6 Å². The lowest BCUT2D eigenvalue weighted by atomic mass is 10.1. The third-order valence-corrected chi connectivity index (χ3v) is 4.16. The highest BCUT2D eigenvalue weighted by Gasteiger charge is 2.06. The van der Waals surface area contributed by atoms with Crippen LogP contribution in [0, 0.1) is 0 Å². The molecule has 0 radical (unpaired) electrons. The summed E-state index contributed by atoms with van der Waals surface area (Å²) in [6.07, 6.45) is 6.59. The zero-order chi connectivity index (χ0) is 13.8. The molecule has 0 aliphatic heterocycles. The van der Waals surface area contributed by atoms with Crippen molar-refractivity contribution < 1.29 is 0 Å². The van der Waals surface area contributed by atoms with Gasteiger partial charge in [0.25, 0.3) is 0 Å². The van der Waals surface area contributed by atoms with Gasteiger partial charge in [-0.3, -0.25) is 9.67 Å². The number of nitrogens with one attached hydrogen (secondary N) is 1. The van der Waals surface area contributed by atoms with Gasteiger partial charge in [0.1, 0.15) is 0 Å². The molecule has 0 bridgehead atoms. The van der Waals surface area contributed by atoms with Gasteiger partial charge in [0.2, 0.25) is 0 Å². The van der Waals surface area contributed by atoms with E-state index in [4.69, 9.17) is 0 Å². The smallest absolute Gasteiger partial charge is 0.0809 e. The number of hydrogen-bond acceptors (Lipinski definition) is 5. The molecule has 3 aromatic rings. The number of thiophene rings is 1. The highest BCUT2D eigenvalue weighted by atomic mass is 32.1. The van der Waals surface area contributed by atoms with Gasteiger partial charge in [-0.2, -0.15) is 0 Å². The van der Waals surface area contributed by atoms with Crippen LogP contribution in [0.3, 0.4) is 0 Å². The molecule has 0 aliphatic carbocycles. The first-order valence-electron chi connectivity index (χ1n) is 6.73. The standard InChI is InChI=1S/C14H17N5S/c1-11(15-4-2-6-19-7-5-17-18-19)12-9-14-13(16-10-12)3-8-20-14/h3,5,7-11,15H,2,4,6H2,1H3. The maximum atomic E-state index is 4.48. The van der Waals surface area contributed by atoms with E-state index in [2.05, 4.69) is 45.0 Å². The Hall–Kier alpha value is -1.79. The fraction of sp³-hybridized carbons (Fsp3) is 0.357. The minimum Gasteiger partial charge on any atom is -0.310 e.